The molecule has 0 bridgehead atoms. The van der Waals surface area contributed by atoms with Gasteiger partial charge in [-0.3, -0.25) is 0 Å². The molecule has 0 saturated heterocycles. The van der Waals surface area contributed by atoms with Crippen molar-refractivity contribution in [2.45, 2.75) is 0 Å². The summed E-state index contributed by atoms with van der Waals surface area (Å²) in [7, 11) is 0. The fourth-order valence-corrected chi connectivity index (χ4v) is 0. The van der Waals surface area contributed by atoms with Crippen molar-refractivity contribution in [3.8, 4) is 0 Å². The minimum Gasteiger partial charge on any atom is -0.0149 e. The van der Waals surface area contributed by atoms with Crippen LogP contribution in [0.5, 0.6) is 0 Å². The van der Waals surface area contributed by atoms with Crippen LogP contribution in [0, 0.1) is 0 Å². The summed E-state index contributed by atoms with van der Waals surface area (Å²) >= 11 is -2.42. The molecule has 0 unspecified atom stereocenters. The summed E-state index contributed by atoms with van der Waals surface area (Å²) in [6, 6.07) is 0. The molecule has 0 aromatic rings. The van der Waals surface area contributed by atoms with Crippen molar-refractivity contribution in [2.75, 3.05) is 0 Å². The molecule has 0 spiro atoms. The molecule has 4 heavy (non-hydrogen) atoms. The Bertz CT molecular complexity index is 27.0. The van der Waals surface area contributed by atoms with E-state index < -0.39 is 22.9 Å². The normalized spacial score (nSPS) is 2.00. The molecule has 0 heterocycles. The summed E-state index contributed by atoms with van der Waals surface area (Å²) in [6.45, 7) is 0. The zero-order valence-corrected chi connectivity index (χ0v) is 4.91. The molecule has 0 N–H and O–H groups in total. The third-order valence-corrected chi connectivity index (χ3v) is 0. The molecule has 0 fully saturated rings. The van der Waals surface area contributed by atoms with E-state index >= 15 is 0 Å². The summed E-state index contributed by atoms with van der Waals surface area (Å²) in [4.78, 5) is 0. The Morgan fingerprint density at radius 2 is 1.25 bits per heavy atom. The standard InChI is InChI=1S/Hf.2O.H4Si/h;;;1H4. The fourth-order valence-electron chi connectivity index (χ4n) is 0. The number of hydrogen-bond donors (Lipinski definition) is 0. The van der Waals surface area contributed by atoms with Crippen molar-refractivity contribution >= 4 is 11.0 Å². The Hall–Kier alpha value is 0.687. The smallest absolute Gasteiger partial charge is 0.0149 e. The average Bonchev–Trinajstić information content (AvgIpc) is 0.918. The van der Waals surface area contributed by atoms with Gasteiger partial charge in [0, 0.05) is 0 Å². The molecule has 4 heteroatoms. The van der Waals surface area contributed by atoms with Crippen molar-refractivity contribution in [3.63, 3.8) is 0 Å². The Balaban J connectivity index is 0. The van der Waals surface area contributed by atoms with Crippen LogP contribution in [0.4, 0.5) is 0 Å². The second-order valence-corrected chi connectivity index (χ2v) is 0.682. The molecular formula is H4HfO2Si. The quantitative estimate of drug-likeness (QED) is 0.475. The van der Waals surface area contributed by atoms with Crippen LogP contribution in [0.2, 0.25) is 0 Å². The van der Waals surface area contributed by atoms with Crippen molar-refractivity contribution in [3.05, 3.63) is 0 Å². The van der Waals surface area contributed by atoms with E-state index in [2.05, 4.69) is 0 Å². The summed E-state index contributed by atoms with van der Waals surface area (Å²) in [6.07, 6.45) is 0. The van der Waals surface area contributed by atoms with Crippen LogP contribution < -0.4 is 0 Å². The first kappa shape index (κ1) is 8.82. The summed E-state index contributed by atoms with van der Waals surface area (Å²) in [5.74, 6) is 0. The molecule has 0 rings (SSSR count). The van der Waals surface area contributed by atoms with Crippen LogP contribution in [0.25, 0.3) is 0 Å². The van der Waals surface area contributed by atoms with Gasteiger partial charge in [0.05, 0.1) is 0 Å². The van der Waals surface area contributed by atoms with Crippen molar-refractivity contribution < 1.29 is 28.6 Å². The van der Waals surface area contributed by atoms with E-state index in [1.54, 1.807) is 0 Å². The third-order valence-electron chi connectivity index (χ3n) is 0. The van der Waals surface area contributed by atoms with Gasteiger partial charge in [0.1, 0.15) is 0 Å². The van der Waals surface area contributed by atoms with Gasteiger partial charge >= 0.3 is 28.6 Å². The molecule has 0 radical (unpaired) electrons. The Labute approximate surface area is 39.8 Å². The van der Waals surface area contributed by atoms with Crippen molar-refractivity contribution in [1.82, 2.24) is 0 Å². The van der Waals surface area contributed by atoms with E-state index in [0.717, 1.165) is 0 Å². The first-order valence-corrected chi connectivity index (χ1v) is 3.34. The predicted octanol–water partition coefficient (Wildman–Crippen LogP) is -1.69. The van der Waals surface area contributed by atoms with Gasteiger partial charge in [-0.15, -0.1) is 0 Å². The average molecular weight is 243 g/mol. The molecular weight excluding hydrogens is 239 g/mol. The topological polar surface area (TPSA) is 34.1 Å². The van der Waals surface area contributed by atoms with Gasteiger partial charge in [0.2, 0.25) is 0 Å². The van der Waals surface area contributed by atoms with Gasteiger partial charge in [-0.05, 0) is 11.0 Å². The fraction of sp³-hybridized carbons (Fsp3) is 0. The molecule has 0 atom stereocenters. The van der Waals surface area contributed by atoms with Crippen LogP contribution in [-0.4, -0.2) is 11.0 Å². The van der Waals surface area contributed by atoms with Crippen molar-refractivity contribution in [2.24, 2.45) is 0 Å². The van der Waals surface area contributed by atoms with Gasteiger partial charge in [-0.1, -0.05) is 0 Å². The van der Waals surface area contributed by atoms with Gasteiger partial charge in [0.25, 0.3) is 0 Å². The van der Waals surface area contributed by atoms with E-state index in [1.807, 2.05) is 0 Å². The predicted molar refractivity (Wildman–Crippen MR) is 12.7 cm³/mol. The maximum atomic E-state index is 8.57. The SMILES string of the molecule is [O]=[Hf]=[O].[SiH4]. The summed E-state index contributed by atoms with van der Waals surface area (Å²) < 4.78 is 17.1. The van der Waals surface area contributed by atoms with Crippen LogP contribution in [0.15, 0.2) is 0 Å². The van der Waals surface area contributed by atoms with Gasteiger partial charge < -0.3 is 0 Å². The van der Waals surface area contributed by atoms with Crippen LogP contribution in [-0.2, 0) is 28.6 Å². The van der Waals surface area contributed by atoms with Gasteiger partial charge in [0.15, 0.2) is 0 Å². The maximum Gasteiger partial charge on any atom is -0.0149 e. The van der Waals surface area contributed by atoms with E-state index in [0.29, 0.717) is 0 Å². The second-order valence-electron chi connectivity index (χ2n) is 0.0833. The minimum atomic E-state index is -2.42. The molecule has 0 aliphatic carbocycles. The van der Waals surface area contributed by atoms with Gasteiger partial charge in [-0.25, -0.2) is 0 Å². The Morgan fingerprint density at radius 3 is 1.25 bits per heavy atom. The second kappa shape index (κ2) is 9.35. The van der Waals surface area contributed by atoms with E-state index in [1.165, 1.54) is 0 Å². The minimum absolute atomic E-state index is 0. The largest absolute Gasteiger partial charge is 0.0149 e. The van der Waals surface area contributed by atoms with Crippen LogP contribution in [0.1, 0.15) is 0 Å². The molecule has 0 aliphatic heterocycles. The molecule has 0 aromatic carbocycles. The Kier molecular flexibility index (Phi) is 20.6. The third kappa shape index (κ3) is 16.2. The Morgan fingerprint density at radius 1 is 1.25 bits per heavy atom. The molecule has 2 nitrogen and oxygen atoms in total. The monoisotopic (exact) mass is 244 g/mol. The zero-order valence-electron chi connectivity index (χ0n) is 1.32. The van der Waals surface area contributed by atoms with Gasteiger partial charge in [-0.2, -0.15) is 0 Å². The summed E-state index contributed by atoms with van der Waals surface area (Å²) in [5, 5.41) is 0. The van der Waals surface area contributed by atoms with Crippen LogP contribution in [0.3, 0.4) is 0 Å². The van der Waals surface area contributed by atoms with Crippen molar-refractivity contribution in [1.29, 1.82) is 0 Å². The molecule has 0 saturated carbocycles. The maximum absolute atomic E-state index is 8.57. The first-order chi connectivity index (χ1) is 1.41. The zero-order chi connectivity index (χ0) is 2.71. The summed E-state index contributed by atoms with van der Waals surface area (Å²) in [5.41, 5.74) is 0. The molecule has 0 aliphatic rings. The molecule has 0 aromatic heterocycles. The molecule has 24 valence electrons. The number of rotatable bonds is 0. The van der Waals surface area contributed by atoms with E-state index in [-0.39, 0.29) is 11.0 Å². The van der Waals surface area contributed by atoms with Crippen LogP contribution >= 0.6 is 0 Å². The number of hydrogen-bond acceptors (Lipinski definition) is 2. The molecule has 0 amide bonds. The first-order valence-electron chi connectivity index (χ1n) is 0.408. The van der Waals surface area contributed by atoms with E-state index in [4.69, 9.17) is 5.71 Å². The van der Waals surface area contributed by atoms with E-state index in [9.17, 15) is 0 Å².